The number of carbonyl (C=O) groups is 1. The number of benzene rings is 1. The van der Waals surface area contributed by atoms with Gasteiger partial charge in [-0.15, -0.1) is 5.10 Å². The minimum Gasteiger partial charge on any atom is -0.476 e. The van der Waals surface area contributed by atoms with Crippen molar-refractivity contribution in [1.82, 2.24) is 19.7 Å². The molecule has 4 bridgehead atoms. The summed E-state index contributed by atoms with van der Waals surface area (Å²) in [5, 5.41) is 4.14. The van der Waals surface area contributed by atoms with Crippen LogP contribution < -0.4 is 14.4 Å². The van der Waals surface area contributed by atoms with Gasteiger partial charge < -0.3 is 14.4 Å². The largest absolute Gasteiger partial charge is 0.476 e. The summed E-state index contributed by atoms with van der Waals surface area (Å²) in [6.07, 6.45) is 3.37. The lowest BCUT2D eigenvalue weighted by molar-refractivity contribution is -0.219. The predicted octanol–water partition coefficient (Wildman–Crippen LogP) is 7.69. The molecule has 1 aliphatic rings. The fourth-order valence-electron chi connectivity index (χ4n) is 5.44. The predicted molar refractivity (Wildman–Crippen MR) is 193 cm³/mol. The van der Waals surface area contributed by atoms with Crippen LogP contribution in [0.2, 0.25) is 0 Å². The number of aromatic nitrogens is 4. The highest BCUT2D eigenvalue weighted by Crippen LogP contribution is 2.38. The molecule has 0 unspecified atom stereocenters. The van der Waals surface area contributed by atoms with Crippen LogP contribution >= 0.6 is 0 Å². The van der Waals surface area contributed by atoms with Crippen LogP contribution in [0.15, 0.2) is 78.0 Å². The maximum atomic E-state index is 13.8. The molecule has 1 N–H and O–H groups in total. The summed E-state index contributed by atoms with van der Waals surface area (Å²) < 4.78 is 82.7. The topological polar surface area (TPSA) is 129 Å². The number of hydrogen-bond donors (Lipinski definition) is 1. The zero-order valence-electron chi connectivity index (χ0n) is 29.8. The second-order valence-electron chi connectivity index (χ2n) is 13.8. The van der Waals surface area contributed by atoms with Gasteiger partial charge in [-0.3, -0.25) is 9.52 Å². The molecule has 278 valence electrons. The van der Waals surface area contributed by atoms with Crippen LogP contribution in [0.4, 0.5) is 24.8 Å². The van der Waals surface area contributed by atoms with Crippen LogP contribution in [-0.4, -0.2) is 66.6 Å². The van der Waals surface area contributed by atoms with Crippen LogP contribution in [0.5, 0.6) is 5.88 Å². The minimum absolute atomic E-state index is 0.00455. The Morgan fingerprint density at radius 1 is 0.962 bits per heavy atom. The van der Waals surface area contributed by atoms with E-state index in [9.17, 15) is 26.4 Å². The molecule has 0 radical (unpaired) electrons. The molecular formula is C37H43F3N6O5S. The number of ether oxygens (including phenoxy) is 2. The third-order valence-electron chi connectivity index (χ3n) is 8.56. The van der Waals surface area contributed by atoms with Gasteiger partial charge in [-0.25, -0.2) is 14.6 Å². The van der Waals surface area contributed by atoms with Crippen molar-refractivity contribution in [3.63, 3.8) is 0 Å². The number of fused-ring (bicyclic) bond motifs is 6. The molecule has 0 spiro atoms. The number of esters is 1. The van der Waals surface area contributed by atoms with Crippen molar-refractivity contribution in [2.24, 2.45) is 10.8 Å². The SMILES string of the molecule is CCOC(=O)C(C)(C)CN1CCCC/C=C/c2ccccc2-c2nc(ccc2-n2ccc(OCC(C)(C)C(F)(F)F)n2)NS(=O)(=O)c2cccc1n2. The quantitative estimate of drug-likeness (QED) is 0.181. The fourth-order valence-corrected chi connectivity index (χ4v) is 6.41. The highest BCUT2D eigenvalue weighted by molar-refractivity contribution is 7.92. The second-order valence-corrected chi connectivity index (χ2v) is 15.4. The van der Waals surface area contributed by atoms with Gasteiger partial charge in [0, 0.05) is 30.9 Å². The molecule has 0 saturated carbocycles. The van der Waals surface area contributed by atoms with E-state index in [1.54, 1.807) is 45.2 Å². The smallest absolute Gasteiger partial charge is 0.397 e. The number of allylic oxidation sites excluding steroid dienone is 1. The number of carbonyl (C=O) groups excluding carboxylic acids is 1. The molecule has 0 atom stereocenters. The summed E-state index contributed by atoms with van der Waals surface area (Å²) >= 11 is 0. The van der Waals surface area contributed by atoms with E-state index in [0.717, 1.165) is 38.7 Å². The lowest BCUT2D eigenvalue weighted by Gasteiger charge is -2.32. The van der Waals surface area contributed by atoms with Crippen LogP contribution in [0.1, 0.15) is 59.4 Å². The first-order chi connectivity index (χ1) is 24.5. The lowest BCUT2D eigenvalue weighted by Crippen LogP contribution is -2.41. The third kappa shape index (κ3) is 8.92. The number of nitrogens with one attached hydrogen (secondary N) is 1. The maximum absolute atomic E-state index is 13.8. The summed E-state index contributed by atoms with van der Waals surface area (Å²) in [6.45, 7) is 7.81. The molecule has 1 aliphatic heterocycles. The molecule has 52 heavy (non-hydrogen) atoms. The Kier molecular flexibility index (Phi) is 11.3. The molecule has 5 rings (SSSR count). The lowest BCUT2D eigenvalue weighted by atomic mass is 9.92. The van der Waals surface area contributed by atoms with E-state index in [1.165, 1.54) is 22.9 Å². The molecule has 0 amide bonds. The number of anilines is 2. The summed E-state index contributed by atoms with van der Waals surface area (Å²) in [4.78, 5) is 24.0. The highest BCUT2D eigenvalue weighted by Gasteiger charge is 2.48. The number of sulfonamides is 1. The Bertz CT molecular complexity index is 2030. The molecule has 0 aliphatic carbocycles. The molecule has 3 aromatic heterocycles. The van der Waals surface area contributed by atoms with Gasteiger partial charge in [0.25, 0.3) is 10.0 Å². The molecular weight excluding hydrogens is 698 g/mol. The van der Waals surface area contributed by atoms with Gasteiger partial charge in [-0.2, -0.15) is 21.6 Å². The van der Waals surface area contributed by atoms with Crippen molar-refractivity contribution in [2.75, 3.05) is 35.9 Å². The number of halogens is 3. The molecule has 15 heteroatoms. The number of pyridine rings is 2. The first-order valence-corrected chi connectivity index (χ1v) is 18.4. The van der Waals surface area contributed by atoms with Crippen molar-refractivity contribution >= 4 is 33.7 Å². The Morgan fingerprint density at radius 2 is 1.73 bits per heavy atom. The summed E-state index contributed by atoms with van der Waals surface area (Å²) in [5.74, 6) is 0.0224. The van der Waals surface area contributed by atoms with E-state index in [1.807, 2.05) is 35.2 Å². The van der Waals surface area contributed by atoms with Crippen molar-refractivity contribution in [3.8, 4) is 22.8 Å². The first-order valence-electron chi connectivity index (χ1n) is 17.0. The van der Waals surface area contributed by atoms with E-state index in [2.05, 4.69) is 20.9 Å². The molecule has 0 fully saturated rings. The van der Waals surface area contributed by atoms with Crippen molar-refractivity contribution in [2.45, 2.75) is 65.1 Å². The Hall–Kier alpha value is -4.92. The monoisotopic (exact) mass is 740 g/mol. The maximum Gasteiger partial charge on any atom is 0.397 e. The Labute approximate surface area is 301 Å². The highest BCUT2D eigenvalue weighted by atomic mass is 32.2. The van der Waals surface area contributed by atoms with Crippen LogP contribution in [0.3, 0.4) is 0 Å². The van der Waals surface area contributed by atoms with Crippen LogP contribution in [0, 0.1) is 10.8 Å². The standard InChI is InChI=1S/C37H43F3N6O5S/c1-6-50-34(47)35(2,3)24-45-22-12-8-7-9-14-26-15-10-11-16-27(26)33-28(46-23-21-31(43-46)51-25-36(4,5)37(38,39)40)19-20-29(41-33)44-52(48,49)32-18-13-17-30(45)42-32/h9-11,13-21,23H,6-8,12,22,24-25H2,1-5H3,(H,41,44)/b14-9+. The van der Waals surface area contributed by atoms with E-state index < -0.39 is 33.6 Å². The summed E-state index contributed by atoms with van der Waals surface area (Å²) in [7, 11) is -4.26. The normalized spacial score (nSPS) is 15.9. The summed E-state index contributed by atoms with van der Waals surface area (Å²) in [6, 6.07) is 16.7. The van der Waals surface area contributed by atoms with Gasteiger partial charge >= 0.3 is 12.1 Å². The van der Waals surface area contributed by atoms with Gasteiger partial charge in [0.05, 0.1) is 28.8 Å². The Morgan fingerprint density at radius 3 is 2.48 bits per heavy atom. The van der Waals surface area contributed by atoms with Crippen molar-refractivity contribution in [1.29, 1.82) is 0 Å². The third-order valence-corrected chi connectivity index (χ3v) is 9.81. The van der Waals surface area contributed by atoms with E-state index in [0.29, 0.717) is 29.3 Å². The number of alkyl halides is 3. The van der Waals surface area contributed by atoms with Crippen molar-refractivity contribution in [3.05, 3.63) is 78.5 Å². The average molecular weight is 741 g/mol. The first kappa shape index (κ1) is 38.3. The van der Waals surface area contributed by atoms with Crippen LogP contribution in [0.25, 0.3) is 23.0 Å². The second kappa shape index (κ2) is 15.4. The number of rotatable bonds is 8. The number of hydrogen-bond acceptors (Lipinski definition) is 9. The van der Waals surface area contributed by atoms with E-state index in [-0.39, 0.29) is 35.8 Å². The van der Waals surface area contributed by atoms with Gasteiger partial charge in [0.15, 0.2) is 5.03 Å². The van der Waals surface area contributed by atoms with Crippen molar-refractivity contribution < 1.29 is 35.9 Å². The van der Waals surface area contributed by atoms with E-state index in [4.69, 9.17) is 14.5 Å². The average Bonchev–Trinajstić information content (AvgIpc) is 3.56. The van der Waals surface area contributed by atoms with Gasteiger partial charge in [0.1, 0.15) is 18.2 Å². The fraction of sp³-hybridized carbons (Fsp3) is 0.405. The molecule has 0 saturated heterocycles. The van der Waals surface area contributed by atoms with Gasteiger partial charge in [-0.05, 0) is 83.7 Å². The van der Waals surface area contributed by atoms with E-state index >= 15 is 0 Å². The molecule has 1 aromatic carbocycles. The van der Waals surface area contributed by atoms with Crippen LogP contribution in [-0.2, 0) is 19.6 Å². The Balaban J connectivity index is 1.55. The molecule has 4 heterocycles. The van der Waals surface area contributed by atoms with Gasteiger partial charge in [0.2, 0.25) is 5.88 Å². The minimum atomic E-state index is -4.47. The zero-order chi connectivity index (χ0) is 37.7. The molecule has 4 aromatic rings. The molecule has 11 nitrogen and oxygen atoms in total. The van der Waals surface area contributed by atoms with Gasteiger partial charge in [-0.1, -0.05) is 42.5 Å². The summed E-state index contributed by atoms with van der Waals surface area (Å²) in [5.41, 5.74) is -0.712. The number of nitrogens with zero attached hydrogens (tertiary/aromatic N) is 5. The zero-order valence-corrected chi connectivity index (χ0v) is 30.6.